The van der Waals surface area contributed by atoms with Gasteiger partial charge in [-0.3, -0.25) is 0 Å². The third-order valence-electron chi connectivity index (χ3n) is 2.56. The molecule has 100 valence electrons. The Hall–Kier alpha value is -0.890. The van der Waals surface area contributed by atoms with Crippen molar-refractivity contribution in [1.29, 1.82) is 0 Å². The minimum atomic E-state index is 0.232. The fraction of sp³-hybridized carbons (Fsp3) is 0.364. The molecular weight excluding hydrogens is 304 g/mol. The molecule has 1 aliphatic heterocycles. The van der Waals surface area contributed by atoms with Gasteiger partial charge in [-0.05, 0) is 34.8 Å². The molecule has 0 aliphatic carbocycles. The molecule has 0 unspecified atom stereocenters. The summed E-state index contributed by atoms with van der Waals surface area (Å²) in [4.78, 5) is 14.9. The lowest BCUT2D eigenvalue weighted by molar-refractivity contribution is 0.122. The largest absolute Gasteiger partial charge is 0.378 e. The molecule has 0 spiro atoms. The molecule has 0 aromatic carbocycles. The monoisotopic (exact) mass is 314 g/mol. The van der Waals surface area contributed by atoms with Crippen LogP contribution in [0.4, 0.5) is 5.95 Å². The summed E-state index contributed by atoms with van der Waals surface area (Å²) in [6.45, 7) is 2.94. The van der Waals surface area contributed by atoms with Crippen LogP contribution in [0.5, 0.6) is 0 Å². The Balaban J connectivity index is 1.82. The van der Waals surface area contributed by atoms with Crippen molar-refractivity contribution in [1.82, 2.24) is 15.0 Å². The lowest BCUT2D eigenvalue weighted by Gasteiger charge is -2.26. The summed E-state index contributed by atoms with van der Waals surface area (Å²) in [5.74, 6) is 0.627. The molecule has 2 aromatic heterocycles. The SMILES string of the molecule is Clc1nc(Sc2cccs2)nc(N2CCOCC2)n1. The van der Waals surface area contributed by atoms with E-state index >= 15 is 0 Å². The number of hydrogen-bond acceptors (Lipinski definition) is 7. The first-order chi connectivity index (χ1) is 9.31. The normalized spacial score (nSPS) is 15.7. The van der Waals surface area contributed by atoms with Gasteiger partial charge in [0.25, 0.3) is 0 Å². The smallest absolute Gasteiger partial charge is 0.230 e. The van der Waals surface area contributed by atoms with Crippen molar-refractivity contribution < 1.29 is 4.74 Å². The molecule has 5 nitrogen and oxygen atoms in total. The summed E-state index contributed by atoms with van der Waals surface area (Å²) in [6, 6.07) is 4.03. The van der Waals surface area contributed by atoms with E-state index in [2.05, 4.69) is 19.9 Å². The maximum atomic E-state index is 5.98. The Labute approximate surface area is 124 Å². The van der Waals surface area contributed by atoms with Crippen LogP contribution in [0.2, 0.25) is 5.28 Å². The summed E-state index contributed by atoms with van der Waals surface area (Å²) >= 11 is 9.13. The highest BCUT2D eigenvalue weighted by atomic mass is 35.5. The second-order valence-electron chi connectivity index (χ2n) is 3.82. The number of morpholine rings is 1. The number of halogens is 1. The van der Waals surface area contributed by atoms with Crippen molar-refractivity contribution in [2.45, 2.75) is 9.37 Å². The van der Waals surface area contributed by atoms with Crippen LogP contribution in [0, 0.1) is 0 Å². The van der Waals surface area contributed by atoms with Crippen LogP contribution >= 0.6 is 34.7 Å². The fourth-order valence-corrected chi connectivity index (χ4v) is 3.51. The van der Waals surface area contributed by atoms with E-state index in [1.165, 1.54) is 11.8 Å². The zero-order valence-corrected chi connectivity index (χ0v) is 12.3. The minimum Gasteiger partial charge on any atom is -0.378 e. The van der Waals surface area contributed by atoms with Crippen LogP contribution in [0.3, 0.4) is 0 Å². The van der Waals surface area contributed by atoms with Gasteiger partial charge in [0.15, 0.2) is 5.16 Å². The number of anilines is 1. The number of hydrogen-bond donors (Lipinski definition) is 0. The Morgan fingerprint density at radius 2 is 2.11 bits per heavy atom. The predicted octanol–water partition coefficient (Wildman–Crippen LogP) is 2.57. The molecular formula is C11H11ClN4OS2. The van der Waals surface area contributed by atoms with E-state index in [0.29, 0.717) is 24.3 Å². The fourth-order valence-electron chi connectivity index (χ4n) is 1.68. The highest BCUT2D eigenvalue weighted by molar-refractivity contribution is 8.01. The standard InChI is InChI=1S/C11H11ClN4OS2/c12-9-13-10(16-3-5-17-6-4-16)15-11(14-9)19-8-2-1-7-18-8/h1-2,7H,3-6H2. The molecule has 0 N–H and O–H groups in total. The number of ether oxygens (including phenoxy) is 1. The van der Waals surface area contributed by atoms with Crippen molar-refractivity contribution in [3.05, 3.63) is 22.8 Å². The van der Waals surface area contributed by atoms with Crippen molar-refractivity contribution in [3.63, 3.8) is 0 Å². The first-order valence-corrected chi connectivity index (χ1v) is 7.84. The molecule has 0 saturated carbocycles. The summed E-state index contributed by atoms with van der Waals surface area (Å²) in [6.07, 6.45) is 0. The molecule has 0 amide bonds. The van der Waals surface area contributed by atoms with E-state index in [4.69, 9.17) is 16.3 Å². The van der Waals surface area contributed by atoms with Crippen LogP contribution in [0.25, 0.3) is 0 Å². The van der Waals surface area contributed by atoms with E-state index in [1.807, 2.05) is 17.5 Å². The molecule has 2 aromatic rings. The molecule has 3 rings (SSSR count). The Morgan fingerprint density at radius 3 is 2.84 bits per heavy atom. The van der Waals surface area contributed by atoms with Crippen molar-refractivity contribution >= 4 is 40.6 Å². The third-order valence-corrected chi connectivity index (χ3v) is 4.63. The van der Waals surface area contributed by atoms with Gasteiger partial charge < -0.3 is 9.64 Å². The Kier molecular flexibility index (Phi) is 4.17. The van der Waals surface area contributed by atoms with E-state index < -0.39 is 0 Å². The molecule has 0 radical (unpaired) electrons. The zero-order chi connectivity index (χ0) is 13.1. The number of rotatable bonds is 3. The van der Waals surface area contributed by atoms with Crippen LogP contribution in [0.1, 0.15) is 0 Å². The lowest BCUT2D eigenvalue weighted by atomic mass is 10.4. The van der Waals surface area contributed by atoms with Crippen LogP contribution < -0.4 is 4.90 Å². The number of thiophene rings is 1. The van der Waals surface area contributed by atoms with Crippen molar-refractivity contribution in [2.24, 2.45) is 0 Å². The lowest BCUT2D eigenvalue weighted by Crippen LogP contribution is -2.37. The second-order valence-corrected chi connectivity index (χ2v) is 6.37. The highest BCUT2D eigenvalue weighted by Crippen LogP contribution is 2.30. The molecule has 0 bridgehead atoms. The van der Waals surface area contributed by atoms with Crippen LogP contribution in [-0.2, 0) is 4.74 Å². The van der Waals surface area contributed by atoms with Gasteiger partial charge in [0.2, 0.25) is 11.2 Å². The summed E-state index contributed by atoms with van der Waals surface area (Å²) in [5, 5.41) is 2.88. The van der Waals surface area contributed by atoms with Crippen LogP contribution in [0.15, 0.2) is 26.9 Å². The predicted molar refractivity (Wildman–Crippen MR) is 76.3 cm³/mol. The van der Waals surface area contributed by atoms with Gasteiger partial charge >= 0.3 is 0 Å². The van der Waals surface area contributed by atoms with Gasteiger partial charge in [-0.25, -0.2) is 0 Å². The third kappa shape index (κ3) is 3.36. The van der Waals surface area contributed by atoms with Crippen LogP contribution in [-0.4, -0.2) is 41.3 Å². The zero-order valence-electron chi connectivity index (χ0n) is 9.95. The number of aromatic nitrogens is 3. The summed E-state index contributed by atoms with van der Waals surface area (Å²) in [5.41, 5.74) is 0. The van der Waals surface area contributed by atoms with Gasteiger partial charge in [0, 0.05) is 13.1 Å². The van der Waals surface area contributed by atoms with Gasteiger partial charge in [-0.1, -0.05) is 6.07 Å². The topological polar surface area (TPSA) is 51.1 Å². The van der Waals surface area contributed by atoms with E-state index in [9.17, 15) is 0 Å². The molecule has 8 heteroatoms. The van der Waals surface area contributed by atoms with E-state index in [1.54, 1.807) is 11.3 Å². The highest BCUT2D eigenvalue weighted by Gasteiger charge is 2.16. The first-order valence-electron chi connectivity index (χ1n) is 5.77. The molecule has 3 heterocycles. The van der Waals surface area contributed by atoms with Crippen molar-refractivity contribution in [2.75, 3.05) is 31.2 Å². The quantitative estimate of drug-likeness (QED) is 0.868. The van der Waals surface area contributed by atoms with Gasteiger partial charge in [0.05, 0.1) is 17.4 Å². The Morgan fingerprint density at radius 1 is 1.26 bits per heavy atom. The van der Waals surface area contributed by atoms with E-state index in [0.717, 1.165) is 17.3 Å². The molecule has 19 heavy (non-hydrogen) atoms. The maximum absolute atomic E-state index is 5.98. The van der Waals surface area contributed by atoms with E-state index in [-0.39, 0.29) is 5.28 Å². The second kappa shape index (κ2) is 6.04. The van der Waals surface area contributed by atoms with Gasteiger partial charge in [-0.2, -0.15) is 15.0 Å². The van der Waals surface area contributed by atoms with Gasteiger partial charge in [0.1, 0.15) is 0 Å². The average molecular weight is 315 g/mol. The minimum absolute atomic E-state index is 0.232. The maximum Gasteiger partial charge on any atom is 0.230 e. The molecule has 1 fully saturated rings. The Bertz CT molecular complexity index is 546. The molecule has 1 aliphatic rings. The average Bonchev–Trinajstić information content (AvgIpc) is 2.92. The molecule has 1 saturated heterocycles. The summed E-state index contributed by atoms with van der Waals surface area (Å²) in [7, 11) is 0. The number of nitrogens with zero attached hydrogens (tertiary/aromatic N) is 4. The van der Waals surface area contributed by atoms with Gasteiger partial charge in [-0.15, -0.1) is 11.3 Å². The molecule has 0 atom stereocenters. The summed E-state index contributed by atoms with van der Waals surface area (Å²) < 4.78 is 6.45. The first kappa shape index (κ1) is 13.1. The van der Waals surface area contributed by atoms with Crippen molar-refractivity contribution in [3.8, 4) is 0 Å².